The lowest BCUT2D eigenvalue weighted by atomic mass is 10.1. The second-order valence-electron chi connectivity index (χ2n) is 7.07. The highest BCUT2D eigenvalue weighted by atomic mass is 16.5. The molecule has 0 spiro atoms. The van der Waals surface area contributed by atoms with Crippen molar-refractivity contribution in [1.29, 1.82) is 0 Å². The Morgan fingerprint density at radius 3 is 2.45 bits per heavy atom. The van der Waals surface area contributed by atoms with Crippen LogP contribution in [0.2, 0.25) is 0 Å². The molecule has 148 valence electrons. The van der Waals surface area contributed by atoms with E-state index in [0.29, 0.717) is 13.2 Å². The summed E-state index contributed by atoms with van der Waals surface area (Å²) in [5.41, 5.74) is 11.7. The fourth-order valence-corrected chi connectivity index (χ4v) is 3.52. The first-order valence-electron chi connectivity index (χ1n) is 10.1. The Bertz CT molecular complexity index is 1100. The fourth-order valence-electron chi connectivity index (χ4n) is 3.52. The van der Waals surface area contributed by atoms with Crippen molar-refractivity contribution in [2.45, 2.75) is 26.8 Å². The number of pyridine rings is 1. The van der Waals surface area contributed by atoms with Gasteiger partial charge < -0.3 is 15.0 Å². The van der Waals surface area contributed by atoms with Crippen molar-refractivity contribution in [3.63, 3.8) is 0 Å². The van der Waals surface area contributed by atoms with Gasteiger partial charge in [-0.2, -0.15) is 0 Å². The summed E-state index contributed by atoms with van der Waals surface area (Å²) < 4.78 is 8.27. The zero-order valence-corrected chi connectivity index (χ0v) is 16.9. The molecule has 0 unspecified atom stereocenters. The van der Waals surface area contributed by atoms with E-state index in [1.165, 1.54) is 5.56 Å². The van der Waals surface area contributed by atoms with Crippen LogP contribution >= 0.6 is 0 Å². The van der Waals surface area contributed by atoms with Gasteiger partial charge in [0.2, 0.25) is 0 Å². The molecule has 4 rings (SSSR count). The van der Waals surface area contributed by atoms with Crippen molar-refractivity contribution in [3.05, 3.63) is 66.4 Å². The maximum absolute atomic E-state index is 6.06. The summed E-state index contributed by atoms with van der Waals surface area (Å²) >= 11 is 0. The molecule has 4 aromatic rings. The van der Waals surface area contributed by atoms with Crippen molar-refractivity contribution < 1.29 is 4.74 Å². The lowest BCUT2D eigenvalue weighted by molar-refractivity contribution is 0.314. The van der Waals surface area contributed by atoms with Crippen LogP contribution in [0.15, 0.2) is 60.8 Å². The lowest BCUT2D eigenvalue weighted by Gasteiger charge is -2.12. The third-order valence-corrected chi connectivity index (χ3v) is 5.02. The van der Waals surface area contributed by atoms with Crippen molar-refractivity contribution in [1.82, 2.24) is 14.5 Å². The Hall–Kier alpha value is -3.18. The second-order valence-corrected chi connectivity index (χ2v) is 7.07. The highest BCUT2D eigenvalue weighted by Crippen LogP contribution is 2.36. The normalized spacial score (nSPS) is 11.1. The number of aryl methyl sites for hydroxylation is 2. The van der Waals surface area contributed by atoms with E-state index in [9.17, 15) is 0 Å². The van der Waals surface area contributed by atoms with Crippen molar-refractivity contribution in [2.24, 2.45) is 5.73 Å². The molecule has 0 saturated carbocycles. The number of hydrogen-bond donors (Lipinski definition) is 1. The monoisotopic (exact) mass is 386 g/mol. The molecule has 0 aliphatic carbocycles. The second kappa shape index (κ2) is 8.45. The molecule has 2 aromatic heterocycles. The zero-order chi connectivity index (χ0) is 20.2. The van der Waals surface area contributed by atoms with Gasteiger partial charge in [-0.1, -0.05) is 60.2 Å². The minimum absolute atomic E-state index is 0.562. The fraction of sp³-hybridized carbons (Fsp3) is 0.250. The van der Waals surface area contributed by atoms with Crippen LogP contribution < -0.4 is 10.5 Å². The third-order valence-electron chi connectivity index (χ3n) is 5.02. The number of nitrogens with two attached hydrogens (primary N) is 1. The molecule has 0 saturated heterocycles. The van der Waals surface area contributed by atoms with Gasteiger partial charge in [-0.3, -0.25) is 0 Å². The number of aromatic nitrogens is 3. The Labute approximate surface area is 171 Å². The van der Waals surface area contributed by atoms with Crippen LogP contribution in [0.4, 0.5) is 0 Å². The average Bonchev–Trinajstić information content (AvgIpc) is 3.15. The van der Waals surface area contributed by atoms with Crippen LogP contribution in [0.5, 0.6) is 5.75 Å². The van der Waals surface area contributed by atoms with Crippen LogP contribution in [0, 0.1) is 6.92 Å². The summed E-state index contributed by atoms with van der Waals surface area (Å²) in [7, 11) is 0. The van der Waals surface area contributed by atoms with Gasteiger partial charge >= 0.3 is 0 Å². The maximum atomic E-state index is 6.06. The van der Waals surface area contributed by atoms with Crippen LogP contribution in [0.3, 0.4) is 0 Å². The molecule has 0 radical (unpaired) electrons. The molecule has 2 N–H and O–H groups in total. The van der Waals surface area contributed by atoms with E-state index in [4.69, 9.17) is 20.4 Å². The number of nitrogens with zero attached hydrogens (tertiary/aromatic N) is 3. The molecule has 0 bridgehead atoms. The van der Waals surface area contributed by atoms with E-state index in [0.717, 1.165) is 52.4 Å². The molecule has 2 aromatic carbocycles. The highest BCUT2D eigenvalue weighted by Gasteiger charge is 2.20. The summed E-state index contributed by atoms with van der Waals surface area (Å²) in [6.07, 6.45) is 2.61. The van der Waals surface area contributed by atoms with Gasteiger partial charge in [0.1, 0.15) is 16.9 Å². The van der Waals surface area contributed by atoms with E-state index < -0.39 is 0 Å². The van der Waals surface area contributed by atoms with Crippen LogP contribution in [0.25, 0.3) is 33.7 Å². The third kappa shape index (κ3) is 3.74. The van der Waals surface area contributed by atoms with E-state index >= 15 is 0 Å². The Kier molecular flexibility index (Phi) is 5.58. The largest absolute Gasteiger partial charge is 0.490 e. The minimum atomic E-state index is 0.562. The SMILES string of the molecule is CCn1c(-c2ccccc2)nc2c(-c3ccc(C)cc3)ncc(OCCCN)c21. The zero-order valence-electron chi connectivity index (χ0n) is 16.9. The molecule has 0 fully saturated rings. The minimum Gasteiger partial charge on any atom is -0.490 e. The van der Waals surface area contributed by atoms with Crippen LogP contribution in [-0.2, 0) is 6.54 Å². The van der Waals surface area contributed by atoms with E-state index in [-0.39, 0.29) is 0 Å². The predicted molar refractivity (Wildman–Crippen MR) is 118 cm³/mol. The number of imidazole rings is 1. The smallest absolute Gasteiger partial charge is 0.163 e. The van der Waals surface area contributed by atoms with Gasteiger partial charge in [0, 0.05) is 17.7 Å². The molecule has 0 amide bonds. The molecule has 29 heavy (non-hydrogen) atoms. The average molecular weight is 386 g/mol. The summed E-state index contributed by atoms with van der Waals surface area (Å²) in [4.78, 5) is 9.77. The molecule has 2 heterocycles. The first kappa shape index (κ1) is 19.2. The molecule has 0 aliphatic heterocycles. The number of hydrogen-bond acceptors (Lipinski definition) is 4. The van der Waals surface area contributed by atoms with E-state index in [1.54, 1.807) is 0 Å². The molecular formula is C24H26N4O. The summed E-state index contributed by atoms with van der Waals surface area (Å²) in [6.45, 7) is 6.15. The van der Waals surface area contributed by atoms with Gasteiger partial charge in [-0.25, -0.2) is 9.97 Å². The standard InChI is InChI=1S/C24H26N4O/c1-3-28-23-20(29-15-7-14-25)16-26-21(18-12-10-17(2)11-13-18)22(23)27-24(28)19-8-5-4-6-9-19/h4-6,8-13,16H,3,7,14-15,25H2,1-2H3. The van der Waals surface area contributed by atoms with Crippen molar-refractivity contribution in [2.75, 3.05) is 13.2 Å². The Balaban J connectivity index is 1.95. The summed E-state index contributed by atoms with van der Waals surface area (Å²) in [5, 5.41) is 0. The maximum Gasteiger partial charge on any atom is 0.163 e. The van der Waals surface area contributed by atoms with Gasteiger partial charge in [0.05, 0.1) is 18.5 Å². The Morgan fingerprint density at radius 2 is 1.76 bits per heavy atom. The van der Waals surface area contributed by atoms with Gasteiger partial charge in [-0.15, -0.1) is 0 Å². The topological polar surface area (TPSA) is 66.0 Å². The molecule has 0 aliphatic rings. The van der Waals surface area contributed by atoms with Gasteiger partial charge in [0.15, 0.2) is 5.75 Å². The number of rotatable bonds is 7. The number of benzene rings is 2. The highest BCUT2D eigenvalue weighted by molar-refractivity contribution is 5.95. The molecule has 0 atom stereocenters. The molecular weight excluding hydrogens is 360 g/mol. The first-order valence-corrected chi connectivity index (χ1v) is 10.1. The molecule has 5 heteroatoms. The summed E-state index contributed by atoms with van der Waals surface area (Å²) in [6, 6.07) is 18.6. The van der Waals surface area contributed by atoms with Crippen LogP contribution in [-0.4, -0.2) is 27.7 Å². The predicted octanol–water partition coefficient (Wildman–Crippen LogP) is 4.82. The van der Waals surface area contributed by atoms with E-state index in [2.05, 4.69) is 54.8 Å². The van der Waals surface area contributed by atoms with E-state index in [1.807, 2.05) is 24.4 Å². The number of ether oxygens (including phenoxy) is 1. The first-order chi connectivity index (χ1) is 14.2. The quantitative estimate of drug-likeness (QED) is 0.462. The van der Waals surface area contributed by atoms with Crippen molar-refractivity contribution in [3.8, 4) is 28.4 Å². The Morgan fingerprint density at radius 1 is 1.00 bits per heavy atom. The van der Waals surface area contributed by atoms with Gasteiger partial charge in [-0.05, 0) is 26.8 Å². The molecule has 5 nitrogen and oxygen atoms in total. The van der Waals surface area contributed by atoms with Gasteiger partial charge in [0.25, 0.3) is 0 Å². The van der Waals surface area contributed by atoms with Crippen LogP contribution in [0.1, 0.15) is 18.9 Å². The lowest BCUT2D eigenvalue weighted by Crippen LogP contribution is -2.07. The summed E-state index contributed by atoms with van der Waals surface area (Å²) in [5.74, 6) is 1.67. The number of fused-ring (bicyclic) bond motifs is 1. The van der Waals surface area contributed by atoms with Crippen molar-refractivity contribution >= 4 is 11.0 Å².